The van der Waals surface area contributed by atoms with E-state index >= 15 is 0 Å². The third kappa shape index (κ3) is 3.12. The molecule has 0 spiro atoms. The Balaban J connectivity index is 2.26. The van der Waals surface area contributed by atoms with Gasteiger partial charge in [-0.3, -0.25) is 10.1 Å². The normalized spacial score (nSPS) is 22.9. The van der Waals surface area contributed by atoms with Crippen LogP contribution in [0, 0.1) is 5.82 Å². The minimum Gasteiger partial charge on any atom is -0.316 e. The quantitative estimate of drug-likeness (QED) is 0.902. The maximum atomic E-state index is 13.3. The average molecular weight is 286 g/mol. The van der Waals surface area contributed by atoms with Crippen molar-refractivity contribution in [3.8, 4) is 0 Å². The summed E-state index contributed by atoms with van der Waals surface area (Å²) < 4.78 is 38.6. The summed E-state index contributed by atoms with van der Waals surface area (Å²) in [7, 11) is 0. The fourth-order valence-corrected chi connectivity index (χ4v) is 2.47. The molecule has 2 rings (SSSR count). The van der Waals surface area contributed by atoms with Crippen molar-refractivity contribution in [3.63, 3.8) is 0 Å². The topological polar surface area (TPSA) is 32.3 Å². The van der Waals surface area contributed by atoms with Gasteiger partial charge in [0.15, 0.2) is 0 Å². The number of rotatable bonds is 5. The van der Waals surface area contributed by atoms with E-state index in [0.717, 1.165) is 11.3 Å². The molecule has 0 saturated carbocycles. The van der Waals surface area contributed by atoms with Gasteiger partial charge in [-0.25, -0.2) is 13.2 Å². The lowest BCUT2D eigenvalue weighted by molar-refractivity contribution is -0.132. The van der Waals surface area contributed by atoms with Crippen molar-refractivity contribution in [1.82, 2.24) is 10.2 Å². The summed E-state index contributed by atoms with van der Waals surface area (Å²) in [6.45, 7) is 1.27. The van der Waals surface area contributed by atoms with Gasteiger partial charge >= 0.3 is 0 Å². The molecule has 1 N–H and O–H groups in total. The summed E-state index contributed by atoms with van der Waals surface area (Å²) in [5.41, 5.74) is 0.484. The molecule has 0 radical (unpaired) electrons. The molecule has 1 aliphatic heterocycles. The van der Waals surface area contributed by atoms with E-state index in [-0.39, 0.29) is 5.91 Å². The van der Waals surface area contributed by atoms with Crippen LogP contribution in [0.1, 0.15) is 31.5 Å². The standard InChI is InChI=1S/C14H17F3N2O/c1-2-4-11-14(20)19(8-12(16)17)13(18-11)9-5-3-6-10(15)7-9/h3,5-7,11-13,18H,2,4,8H2,1H3. The Labute approximate surface area is 115 Å². The average Bonchev–Trinajstić information content (AvgIpc) is 2.68. The second-order valence-corrected chi connectivity index (χ2v) is 4.85. The first-order chi connectivity index (χ1) is 9.52. The number of hydrogen-bond acceptors (Lipinski definition) is 2. The Morgan fingerprint density at radius 3 is 2.75 bits per heavy atom. The molecule has 1 fully saturated rings. The highest BCUT2D eigenvalue weighted by Crippen LogP contribution is 2.28. The maximum absolute atomic E-state index is 13.3. The van der Waals surface area contributed by atoms with Crippen LogP contribution >= 0.6 is 0 Å². The number of alkyl halides is 2. The monoisotopic (exact) mass is 286 g/mol. The van der Waals surface area contributed by atoms with Gasteiger partial charge in [-0.1, -0.05) is 25.5 Å². The number of nitrogens with one attached hydrogen (secondary N) is 1. The zero-order valence-electron chi connectivity index (χ0n) is 11.2. The van der Waals surface area contributed by atoms with E-state index in [1.54, 1.807) is 6.07 Å². The maximum Gasteiger partial charge on any atom is 0.255 e. The highest BCUT2D eigenvalue weighted by atomic mass is 19.3. The minimum absolute atomic E-state index is 0.346. The molecule has 0 aromatic heterocycles. The lowest BCUT2D eigenvalue weighted by Gasteiger charge is -2.24. The van der Waals surface area contributed by atoms with E-state index in [2.05, 4.69) is 5.32 Å². The zero-order chi connectivity index (χ0) is 14.7. The molecule has 1 heterocycles. The van der Waals surface area contributed by atoms with Crippen LogP contribution in [0.2, 0.25) is 0 Å². The Hall–Kier alpha value is -1.56. The first-order valence-electron chi connectivity index (χ1n) is 6.63. The Morgan fingerprint density at radius 1 is 1.40 bits per heavy atom. The molecule has 20 heavy (non-hydrogen) atoms. The Bertz CT molecular complexity index is 481. The number of hydrogen-bond donors (Lipinski definition) is 1. The van der Waals surface area contributed by atoms with Crippen molar-refractivity contribution in [3.05, 3.63) is 35.6 Å². The number of nitrogens with zero attached hydrogens (tertiary/aromatic N) is 1. The molecule has 6 heteroatoms. The van der Waals surface area contributed by atoms with Gasteiger partial charge < -0.3 is 4.90 Å². The summed E-state index contributed by atoms with van der Waals surface area (Å²) >= 11 is 0. The molecule has 2 atom stereocenters. The molecule has 1 amide bonds. The van der Waals surface area contributed by atoms with Gasteiger partial charge in [-0.05, 0) is 24.1 Å². The largest absolute Gasteiger partial charge is 0.316 e. The van der Waals surface area contributed by atoms with Gasteiger partial charge in [0, 0.05) is 0 Å². The van der Waals surface area contributed by atoms with Crippen molar-refractivity contribution >= 4 is 5.91 Å². The van der Waals surface area contributed by atoms with Crippen molar-refractivity contribution in [1.29, 1.82) is 0 Å². The third-order valence-electron chi connectivity index (χ3n) is 3.33. The van der Waals surface area contributed by atoms with Crippen LogP contribution in [-0.2, 0) is 4.79 Å². The summed E-state index contributed by atoms with van der Waals surface area (Å²) in [5.74, 6) is -0.797. The predicted molar refractivity (Wildman–Crippen MR) is 68.7 cm³/mol. The molecule has 0 aliphatic carbocycles. The highest BCUT2D eigenvalue weighted by Gasteiger charge is 2.40. The number of carbonyl (C=O) groups is 1. The summed E-state index contributed by atoms with van der Waals surface area (Å²) in [4.78, 5) is 13.2. The van der Waals surface area contributed by atoms with Gasteiger partial charge in [0.05, 0.1) is 12.6 Å². The molecule has 2 unspecified atom stereocenters. The molecule has 110 valence electrons. The second-order valence-electron chi connectivity index (χ2n) is 4.85. The van der Waals surface area contributed by atoms with Crippen molar-refractivity contribution < 1.29 is 18.0 Å². The lowest BCUT2D eigenvalue weighted by Crippen LogP contribution is -2.35. The van der Waals surface area contributed by atoms with Crippen molar-refractivity contribution in [2.45, 2.75) is 38.4 Å². The SMILES string of the molecule is CCCC1NC(c2cccc(F)c2)N(CC(F)F)C1=O. The van der Waals surface area contributed by atoms with Crippen molar-refractivity contribution in [2.75, 3.05) is 6.54 Å². The molecular weight excluding hydrogens is 269 g/mol. The van der Waals surface area contributed by atoms with E-state index in [0.29, 0.717) is 12.0 Å². The van der Waals surface area contributed by atoms with Crippen LogP contribution in [0.25, 0.3) is 0 Å². The van der Waals surface area contributed by atoms with Crippen LogP contribution < -0.4 is 5.32 Å². The minimum atomic E-state index is -2.61. The van der Waals surface area contributed by atoms with E-state index in [1.807, 2.05) is 6.92 Å². The van der Waals surface area contributed by atoms with Gasteiger partial charge in [0.1, 0.15) is 12.0 Å². The molecule has 1 saturated heterocycles. The fourth-order valence-electron chi connectivity index (χ4n) is 2.47. The zero-order valence-corrected chi connectivity index (χ0v) is 11.2. The van der Waals surface area contributed by atoms with E-state index < -0.39 is 31.0 Å². The molecule has 1 aliphatic rings. The fraction of sp³-hybridized carbons (Fsp3) is 0.500. The first-order valence-corrected chi connectivity index (χ1v) is 6.63. The van der Waals surface area contributed by atoms with E-state index in [9.17, 15) is 18.0 Å². The molecule has 1 aromatic carbocycles. The number of carbonyl (C=O) groups excluding carboxylic acids is 1. The van der Waals surface area contributed by atoms with E-state index in [1.165, 1.54) is 18.2 Å². The van der Waals surface area contributed by atoms with Gasteiger partial charge in [-0.2, -0.15) is 0 Å². The van der Waals surface area contributed by atoms with Crippen LogP contribution in [0.3, 0.4) is 0 Å². The first kappa shape index (κ1) is 14.8. The van der Waals surface area contributed by atoms with Gasteiger partial charge in [-0.15, -0.1) is 0 Å². The second kappa shape index (κ2) is 6.26. The van der Waals surface area contributed by atoms with E-state index in [4.69, 9.17) is 0 Å². The molecular formula is C14H17F3N2O. The number of benzene rings is 1. The van der Waals surface area contributed by atoms with Crippen LogP contribution in [0.5, 0.6) is 0 Å². The van der Waals surface area contributed by atoms with Crippen LogP contribution in [0.4, 0.5) is 13.2 Å². The molecule has 1 aromatic rings. The summed E-state index contributed by atoms with van der Waals surface area (Å²) in [6, 6.07) is 5.19. The van der Waals surface area contributed by atoms with Crippen LogP contribution in [0.15, 0.2) is 24.3 Å². The highest BCUT2D eigenvalue weighted by molar-refractivity contribution is 5.84. The number of halogens is 3. The Morgan fingerprint density at radius 2 is 2.15 bits per heavy atom. The smallest absolute Gasteiger partial charge is 0.255 e. The Kier molecular flexibility index (Phi) is 4.65. The van der Waals surface area contributed by atoms with Crippen molar-refractivity contribution in [2.24, 2.45) is 0 Å². The molecule has 0 bridgehead atoms. The third-order valence-corrected chi connectivity index (χ3v) is 3.33. The van der Waals surface area contributed by atoms with Crippen LogP contribution in [-0.4, -0.2) is 29.8 Å². The molecule has 3 nitrogen and oxygen atoms in total. The van der Waals surface area contributed by atoms with Gasteiger partial charge in [0.2, 0.25) is 5.91 Å². The predicted octanol–water partition coefficient (Wildman–Crippen LogP) is 2.69. The summed E-state index contributed by atoms with van der Waals surface area (Å²) in [5, 5.41) is 3.02. The summed E-state index contributed by atoms with van der Waals surface area (Å²) in [6.07, 6.45) is -1.97. The lowest BCUT2D eigenvalue weighted by atomic mass is 10.1. The number of amides is 1. The van der Waals surface area contributed by atoms with Gasteiger partial charge in [0.25, 0.3) is 6.43 Å².